The van der Waals surface area contributed by atoms with Crippen molar-refractivity contribution in [1.82, 2.24) is 24.8 Å². The van der Waals surface area contributed by atoms with Crippen molar-refractivity contribution in [2.45, 2.75) is 45.2 Å². The fraction of sp³-hybridized carbons (Fsp3) is 0.391. The van der Waals surface area contributed by atoms with E-state index in [1.54, 1.807) is 6.20 Å². The van der Waals surface area contributed by atoms with E-state index in [2.05, 4.69) is 22.1 Å². The maximum absolute atomic E-state index is 12.9. The number of nitrogen functional groups attached to an aromatic ring is 1. The first-order valence-corrected chi connectivity index (χ1v) is 12.4. The van der Waals surface area contributed by atoms with Crippen molar-refractivity contribution < 1.29 is 9.59 Å². The van der Waals surface area contributed by atoms with Gasteiger partial charge in [-0.05, 0) is 49.4 Å². The van der Waals surface area contributed by atoms with Crippen LogP contribution in [0.25, 0.3) is 16.9 Å². The zero-order valence-electron chi connectivity index (χ0n) is 18.7. The van der Waals surface area contributed by atoms with E-state index in [1.165, 1.54) is 16.5 Å². The number of carbonyl (C=O) groups is 2. The van der Waals surface area contributed by atoms with Gasteiger partial charge in [-0.15, -0.1) is 5.10 Å². The van der Waals surface area contributed by atoms with Gasteiger partial charge in [-0.25, -0.2) is 9.50 Å². The van der Waals surface area contributed by atoms with Crippen molar-refractivity contribution in [3.63, 3.8) is 0 Å². The number of carbonyl (C=O) groups excluding carboxylic acids is 2. The molecule has 3 heterocycles. The van der Waals surface area contributed by atoms with E-state index in [1.807, 2.05) is 29.4 Å². The van der Waals surface area contributed by atoms with Crippen LogP contribution in [0.4, 0.5) is 11.5 Å². The number of nitrogens with two attached hydrogens (primary N) is 1. The molecule has 2 aliphatic rings. The molecule has 0 radical (unpaired) electrons. The van der Waals surface area contributed by atoms with Gasteiger partial charge in [-0.1, -0.05) is 18.9 Å². The van der Waals surface area contributed by atoms with Gasteiger partial charge in [-0.3, -0.25) is 9.59 Å². The summed E-state index contributed by atoms with van der Waals surface area (Å²) in [6, 6.07) is 5.99. The average molecular weight is 466 g/mol. The summed E-state index contributed by atoms with van der Waals surface area (Å²) >= 11 is 1.44. The van der Waals surface area contributed by atoms with E-state index in [4.69, 9.17) is 10.7 Å². The third-order valence-corrected chi connectivity index (χ3v) is 6.69. The van der Waals surface area contributed by atoms with Gasteiger partial charge in [-0.2, -0.15) is 0 Å². The molecule has 1 aliphatic carbocycles. The number of nitrogens with zero attached hydrogens (tertiary/aromatic N) is 4. The Morgan fingerprint density at radius 3 is 2.85 bits per heavy atom. The van der Waals surface area contributed by atoms with Gasteiger partial charge in [0.25, 0.3) is 11.8 Å². The molecule has 10 heteroatoms. The molecule has 1 saturated carbocycles. The predicted molar refractivity (Wildman–Crippen MR) is 130 cm³/mol. The molecule has 2 aromatic heterocycles. The molecule has 0 saturated heterocycles. The van der Waals surface area contributed by atoms with E-state index in [9.17, 15) is 9.59 Å². The van der Waals surface area contributed by atoms with Gasteiger partial charge in [0.05, 0.1) is 16.9 Å². The molecule has 5 rings (SSSR count). The first kappa shape index (κ1) is 21.6. The highest BCUT2D eigenvalue weighted by Crippen LogP contribution is 2.35. The Balaban J connectivity index is 1.56. The van der Waals surface area contributed by atoms with Gasteiger partial charge in [0.15, 0.2) is 11.5 Å². The van der Waals surface area contributed by atoms with E-state index in [0.717, 1.165) is 54.6 Å². The van der Waals surface area contributed by atoms with Crippen LogP contribution in [0.5, 0.6) is 0 Å². The number of rotatable bonds is 7. The van der Waals surface area contributed by atoms with E-state index >= 15 is 0 Å². The largest absolute Gasteiger partial charge is 0.381 e. The zero-order chi connectivity index (χ0) is 23.1. The lowest BCUT2D eigenvalue weighted by Gasteiger charge is -2.26. The fourth-order valence-corrected chi connectivity index (χ4v) is 4.82. The summed E-state index contributed by atoms with van der Waals surface area (Å²) in [7, 11) is 0. The minimum absolute atomic E-state index is 0.0527. The van der Waals surface area contributed by atoms with Crippen LogP contribution in [0.2, 0.25) is 0 Å². The molecule has 1 fully saturated rings. The van der Waals surface area contributed by atoms with Crippen molar-refractivity contribution in [2.24, 2.45) is 0 Å². The quantitative estimate of drug-likeness (QED) is 0.458. The highest BCUT2D eigenvalue weighted by Gasteiger charge is 2.31. The number of fused-ring (bicyclic) bond motifs is 2. The van der Waals surface area contributed by atoms with Crippen LogP contribution in [0.15, 0.2) is 24.4 Å². The number of anilines is 2. The molecule has 1 aromatic carbocycles. The van der Waals surface area contributed by atoms with Gasteiger partial charge in [0.1, 0.15) is 5.56 Å². The molecule has 33 heavy (non-hydrogen) atoms. The maximum Gasteiger partial charge on any atom is 0.259 e. The SMILES string of the molecule is CCCN1Cc2cc(-c3ccn4nc(N)c(C(=O)NC5CCC5)c4n3)cc(NSC)c2C1=O. The lowest BCUT2D eigenvalue weighted by Crippen LogP contribution is -2.39. The summed E-state index contributed by atoms with van der Waals surface area (Å²) in [6.07, 6.45) is 7.69. The van der Waals surface area contributed by atoms with Crippen LogP contribution < -0.4 is 15.8 Å². The highest BCUT2D eigenvalue weighted by atomic mass is 32.2. The van der Waals surface area contributed by atoms with Crippen LogP contribution in [-0.2, 0) is 6.54 Å². The third kappa shape index (κ3) is 3.78. The smallest absolute Gasteiger partial charge is 0.259 e. The minimum Gasteiger partial charge on any atom is -0.381 e. The topological polar surface area (TPSA) is 118 Å². The molecule has 1 aliphatic heterocycles. The monoisotopic (exact) mass is 465 g/mol. The number of amides is 2. The highest BCUT2D eigenvalue weighted by molar-refractivity contribution is 7.99. The Labute approximate surface area is 196 Å². The van der Waals surface area contributed by atoms with E-state index < -0.39 is 0 Å². The van der Waals surface area contributed by atoms with Gasteiger partial charge in [0.2, 0.25) is 0 Å². The van der Waals surface area contributed by atoms with Gasteiger partial charge < -0.3 is 20.7 Å². The summed E-state index contributed by atoms with van der Waals surface area (Å²) < 4.78 is 4.79. The fourth-order valence-electron chi connectivity index (χ4n) is 4.44. The normalized spacial score (nSPS) is 15.6. The third-order valence-electron chi connectivity index (χ3n) is 6.26. The Kier molecular flexibility index (Phi) is 5.61. The van der Waals surface area contributed by atoms with Gasteiger partial charge in [0, 0.05) is 37.1 Å². The lowest BCUT2D eigenvalue weighted by molar-refractivity contribution is 0.0779. The second kappa shape index (κ2) is 8.58. The van der Waals surface area contributed by atoms with Crippen LogP contribution in [-0.4, -0.2) is 50.2 Å². The lowest BCUT2D eigenvalue weighted by atomic mass is 9.93. The molecular weight excluding hydrogens is 438 g/mol. The summed E-state index contributed by atoms with van der Waals surface area (Å²) in [5.41, 5.74) is 10.8. The standard InChI is InChI=1S/C23H27N7O2S/c1-3-8-29-12-14-10-13(11-17(28-33-2)18(14)23(29)32)16-7-9-30-21(26-16)19(20(24)27-30)22(31)25-15-5-4-6-15/h7,9-11,15,28H,3-6,8,12H2,1-2H3,(H2,24,27)(H,25,31). The molecule has 4 N–H and O–H groups in total. The molecular formula is C23H27N7O2S. The second-order valence-electron chi connectivity index (χ2n) is 8.53. The van der Waals surface area contributed by atoms with Crippen molar-refractivity contribution in [1.29, 1.82) is 0 Å². The summed E-state index contributed by atoms with van der Waals surface area (Å²) in [5.74, 6) is -0.0239. The Morgan fingerprint density at radius 1 is 1.33 bits per heavy atom. The van der Waals surface area contributed by atoms with Crippen molar-refractivity contribution in [3.8, 4) is 11.3 Å². The van der Waals surface area contributed by atoms with E-state index in [-0.39, 0.29) is 23.7 Å². The molecule has 172 valence electrons. The zero-order valence-corrected chi connectivity index (χ0v) is 19.5. The van der Waals surface area contributed by atoms with Crippen molar-refractivity contribution in [3.05, 3.63) is 41.1 Å². The van der Waals surface area contributed by atoms with Crippen LogP contribution in [0, 0.1) is 0 Å². The number of hydrogen-bond acceptors (Lipinski definition) is 7. The van der Waals surface area contributed by atoms with Crippen LogP contribution in [0.1, 0.15) is 58.9 Å². The van der Waals surface area contributed by atoms with Crippen molar-refractivity contribution >= 4 is 40.9 Å². The first-order chi connectivity index (χ1) is 16.0. The first-order valence-electron chi connectivity index (χ1n) is 11.2. The molecule has 9 nitrogen and oxygen atoms in total. The Bertz CT molecular complexity index is 1250. The Morgan fingerprint density at radius 2 is 2.15 bits per heavy atom. The molecule has 0 spiro atoms. The summed E-state index contributed by atoms with van der Waals surface area (Å²) in [6.45, 7) is 3.37. The number of hydrogen-bond donors (Lipinski definition) is 3. The van der Waals surface area contributed by atoms with Gasteiger partial charge >= 0.3 is 0 Å². The molecule has 0 bridgehead atoms. The number of benzene rings is 1. The summed E-state index contributed by atoms with van der Waals surface area (Å²) in [5, 5.41) is 7.29. The second-order valence-corrected chi connectivity index (χ2v) is 9.15. The Hall–Kier alpha value is -3.27. The minimum atomic E-state index is -0.239. The van der Waals surface area contributed by atoms with Crippen LogP contribution >= 0.6 is 11.9 Å². The van der Waals surface area contributed by atoms with Crippen molar-refractivity contribution in [2.75, 3.05) is 23.3 Å². The van der Waals surface area contributed by atoms with Crippen LogP contribution in [0.3, 0.4) is 0 Å². The molecule has 0 atom stereocenters. The predicted octanol–water partition coefficient (Wildman–Crippen LogP) is 3.32. The molecule has 3 aromatic rings. The molecule has 2 amide bonds. The average Bonchev–Trinajstić information content (AvgIpc) is 3.26. The summed E-state index contributed by atoms with van der Waals surface area (Å²) in [4.78, 5) is 32.5. The number of aromatic nitrogens is 3. The van der Waals surface area contributed by atoms with E-state index in [0.29, 0.717) is 23.4 Å². The maximum atomic E-state index is 12.9. The molecule has 0 unspecified atom stereocenters. The number of nitrogens with one attached hydrogen (secondary N) is 2.